The van der Waals surface area contributed by atoms with Crippen molar-refractivity contribution in [1.29, 1.82) is 0 Å². The first kappa shape index (κ1) is 19.3. The molecule has 3 heterocycles. The number of nitrogens with zero attached hydrogens (tertiary/aromatic N) is 3. The Balaban J connectivity index is 1.63. The van der Waals surface area contributed by atoms with E-state index in [4.69, 9.17) is 0 Å². The van der Waals surface area contributed by atoms with E-state index in [1.54, 1.807) is 24.3 Å². The smallest absolute Gasteiger partial charge is 0.329 e. The number of alkyl halides is 2. The van der Waals surface area contributed by atoms with Gasteiger partial charge in [0.05, 0.1) is 6.04 Å². The fourth-order valence-corrected chi connectivity index (χ4v) is 4.72. The molecule has 2 aliphatic heterocycles. The van der Waals surface area contributed by atoms with E-state index in [-0.39, 0.29) is 18.1 Å². The summed E-state index contributed by atoms with van der Waals surface area (Å²) in [5, 5.41) is 6.58. The predicted molar refractivity (Wildman–Crippen MR) is 105 cm³/mol. The summed E-state index contributed by atoms with van der Waals surface area (Å²) >= 11 is 0. The second-order valence-electron chi connectivity index (χ2n) is 7.63. The number of rotatable bonds is 3. The minimum atomic E-state index is -2.87. The lowest BCUT2D eigenvalue weighted by atomic mass is 9.72. The molecule has 0 aliphatic carbocycles. The van der Waals surface area contributed by atoms with Gasteiger partial charge in [-0.05, 0) is 41.8 Å². The highest BCUT2D eigenvalue weighted by molar-refractivity contribution is 6.08. The molecule has 2 aromatic carbocycles. The van der Waals surface area contributed by atoms with Crippen molar-refractivity contribution in [3.8, 4) is 0 Å². The number of hydrogen-bond donors (Lipinski definition) is 1. The molecule has 1 saturated heterocycles. The third-order valence-electron chi connectivity index (χ3n) is 6.06. The quantitative estimate of drug-likeness (QED) is 0.691. The van der Waals surface area contributed by atoms with Crippen LogP contribution in [0.4, 0.5) is 18.9 Å². The summed E-state index contributed by atoms with van der Waals surface area (Å²) in [4.78, 5) is 28.0. The Labute approximate surface area is 175 Å². The van der Waals surface area contributed by atoms with Gasteiger partial charge in [-0.25, -0.2) is 9.07 Å². The number of aromatic nitrogens is 2. The maximum absolute atomic E-state index is 13.6. The number of amides is 2. The van der Waals surface area contributed by atoms with Gasteiger partial charge in [0, 0.05) is 18.4 Å². The van der Waals surface area contributed by atoms with Gasteiger partial charge >= 0.3 is 6.55 Å². The summed E-state index contributed by atoms with van der Waals surface area (Å²) in [5.41, 5.74) is 0.775. The molecule has 0 unspecified atom stereocenters. The van der Waals surface area contributed by atoms with Crippen LogP contribution >= 0.6 is 0 Å². The molecule has 2 aliphatic rings. The highest BCUT2D eigenvalue weighted by Crippen LogP contribution is 2.54. The number of nitrogens with one attached hydrogen (secondary N) is 1. The first-order chi connectivity index (χ1) is 14.9. The van der Waals surface area contributed by atoms with Crippen LogP contribution in [0.3, 0.4) is 0 Å². The van der Waals surface area contributed by atoms with E-state index in [0.717, 1.165) is 11.8 Å². The number of anilines is 1. The molecule has 3 aromatic rings. The van der Waals surface area contributed by atoms with Crippen LogP contribution in [-0.2, 0) is 10.2 Å². The molecule has 2 amide bonds. The molecular weight excluding hydrogens is 409 g/mol. The minimum absolute atomic E-state index is 0.142. The molecule has 6 nitrogen and oxygen atoms in total. The largest absolute Gasteiger partial charge is 0.333 e. The summed E-state index contributed by atoms with van der Waals surface area (Å²) in [6.07, 6.45) is 1.37. The first-order valence-corrected chi connectivity index (χ1v) is 9.72. The Morgan fingerprint density at radius 1 is 1.13 bits per heavy atom. The second kappa shape index (κ2) is 6.97. The predicted octanol–water partition coefficient (Wildman–Crippen LogP) is 3.89. The van der Waals surface area contributed by atoms with E-state index >= 15 is 0 Å². The molecule has 0 saturated carbocycles. The zero-order chi connectivity index (χ0) is 21.8. The summed E-state index contributed by atoms with van der Waals surface area (Å²) in [6.45, 7) is -2.66. The SMILES string of the molecule is O=C(c1ccn(C(F)F)n1)N1CC[C@]2(C(=O)Nc3ccccc32)[C@@H]1c1ccc(F)cc1. The van der Waals surface area contributed by atoms with Crippen molar-refractivity contribution in [2.75, 3.05) is 11.9 Å². The zero-order valence-corrected chi connectivity index (χ0v) is 16.1. The van der Waals surface area contributed by atoms with Crippen LogP contribution in [0.2, 0.25) is 0 Å². The number of para-hydroxylation sites is 1. The van der Waals surface area contributed by atoms with E-state index in [1.807, 2.05) is 12.1 Å². The minimum Gasteiger partial charge on any atom is -0.329 e. The van der Waals surface area contributed by atoms with Crippen LogP contribution in [-0.4, -0.2) is 33.0 Å². The molecular formula is C22H17F3N4O2. The van der Waals surface area contributed by atoms with Crippen molar-refractivity contribution in [3.63, 3.8) is 0 Å². The van der Waals surface area contributed by atoms with Gasteiger partial charge < -0.3 is 10.2 Å². The number of carbonyl (C=O) groups excluding carboxylic acids is 2. The van der Waals surface area contributed by atoms with E-state index < -0.39 is 29.7 Å². The van der Waals surface area contributed by atoms with Crippen molar-refractivity contribution >= 4 is 17.5 Å². The zero-order valence-electron chi connectivity index (χ0n) is 16.1. The molecule has 1 fully saturated rings. The van der Waals surface area contributed by atoms with Crippen LogP contribution in [0.25, 0.3) is 0 Å². The Morgan fingerprint density at radius 2 is 1.87 bits per heavy atom. The van der Waals surface area contributed by atoms with Gasteiger partial charge in [-0.15, -0.1) is 0 Å². The number of benzene rings is 2. The molecule has 0 radical (unpaired) electrons. The second-order valence-corrected chi connectivity index (χ2v) is 7.63. The molecule has 2 atom stereocenters. The third-order valence-corrected chi connectivity index (χ3v) is 6.06. The Hall–Kier alpha value is -3.62. The maximum Gasteiger partial charge on any atom is 0.333 e. The average Bonchev–Trinajstić information content (AvgIpc) is 3.46. The van der Waals surface area contributed by atoms with Gasteiger partial charge in [0.2, 0.25) is 5.91 Å². The van der Waals surface area contributed by atoms with Crippen LogP contribution in [0.15, 0.2) is 60.8 Å². The first-order valence-electron chi connectivity index (χ1n) is 9.72. The van der Waals surface area contributed by atoms with Crippen LogP contribution in [0.1, 0.15) is 40.6 Å². The fraction of sp³-hybridized carbons (Fsp3) is 0.227. The number of fused-ring (bicyclic) bond motifs is 2. The highest BCUT2D eigenvalue weighted by atomic mass is 19.3. The number of hydrogen-bond acceptors (Lipinski definition) is 3. The monoisotopic (exact) mass is 426 g/mol. The van der Waals surface area contributed by atoms with Crippen molar-refractivity contribution in [1.82, 2.24) is 14.7 Å². The summed E-state index contributed by atoms with van der Waals surface area (Å²) < 4.78 is 39.9. The highest BCUT2D eigenvalue weighted by Gasteiger charge is 2.59. The van der Waals surface area contributed by atoms with Crippen LogP contribution in [0, 0.1) is 5.82 Å². The van der Waals surface area contributed by atoms with Crippen LogP contribution < -0.4 is 5.32 Å². The Kier molecular flexibility index (Phi) is 4.35. The van der Waals surface area contributed by atoms with Crippen molar-refractivity contribution in [2.24, 2.45) is 0 Å². The lowest BCUT2D eigenvalue weighted by Gasteiger charge is -2.34. The lowest BCUT2D eigenvalue weighted by Crippen LogP contribution is -2.42. The summed E-state index contributed by atoms with van der Waals surface area (Å²) in [6, 6.07) is 13.4. The topological polar surface area (TPSA) is 67.2 Å². The Bertz CT molecular complexity index is 1180. The molecule has 158 valence electrons. The fourth-order valence-electron chi connectivity index (χ4n) is 4.72. The third kappa shape index (κ3) is 2.83. The van der Waals surface area contributed by atoms with Crippen molar-refractivity contribution in [3.05, 3.63) is 83.4 Å². The molecule has 31 heavy (non-hydrogen) atoms. The molecule has 1 spiro atoms. The molecule has 5 rings (SSSR count). The van der Waals surface area contributed by atoms with E-state index in [0.29, 0.717) is 22.4 Å². The Morgan fingerprint density at radius 3 is 2.58 bits per heavy atom. The molecule has 1 N–H and O–H groups in total. The van der Waals surface area contributed by atoms with E-state index in [1.165, 1.54) is 23.1 Å². The van der Waals surface area contributed by atoms with Gasteiger partial charge in [0.25, 0.3) is 5.91 Å². The summed E-state index contributed by atoms with van der Waals surface area (Å²) in [5.74, 6) is -1.26. The molecule has 0 bridgehead atoms. The van der Waals surface area contributed by atoms with Gasteiger partial charge in [-0.3, -0.25) is 9.59 Å². The number of carbonyl (C=O) groups is 2. The molecule has 1 aromatic heterocycles. The average molecular weight is 426 g/mol. The summed E-state index contributed by atoms with van der Waals surface area (Å²) in [7, 11) is 0. The van der Waals surface area contributed by atoms with Crippen LogP contribution in [0.5, 0.6) is 0 Å². The van der Waals surface area contributed by atoms with Gasteiger partial charge in [-0.1, -0.05) is 30.3 Å². The maximum atomic E-state index is 13.6. The normalized spacial score (nSPS) is 22.3. The standard InChI is InChI=1S/C22H17F3N4O2/c23-14-7-5-13(6-8-14)18-22(15-3-1-2-4-16(15)26-20(22)31)10-12-28(18)19(30)17-9-11-29(27-17)21(24)25/h1-9,11,18,21H,10,12H2,(H,26,31)/t18-,22+/m0/s1. The van der Waals surface area contributed by atoms with E-state index in [2.05, 4.69) is 10.4 Å². The van der Waals surface area contributed by atoms with Gasteiger partial charge in [0.1, 0.15) is 11.2 Å². The number of halogens is 3. The number of likely N-dealkylation sites (tertiary alicyclic amines) is 1. The van der Waals surface area contributed by atoms with Crippen molar-refractivity contribution in [2.45, 2.75) is 24.4 Å². The van der Waals surface area contributed by atoms with Gasteiger partial charge in [-0.2, -0.15) is 13.9 Å². The van der Waals surface area contributed by atoms with Gasteiger partial charge in [0.15, 0.2) is 5.69 Å². The lowest BCUT2D eigenvalue weighted by molar-refractivity contribution is -0.121. The van der Waals surface area contributed by atoms with E-state index in [9.17, 15) is 22.8 Å². The van der Waals surface area contributed by atoms with Crippen molar-refractivity contribution < 1.29 is 22.8 Å². The molecule has 9 heteroatoms.